The molecule has 0 fully saturated rings. The van der Waals surface area contributed by atoms with Gasteiger partial charge in [0.25, 0.3) is 0 Å². The van der Waals surface area contributed by atoms with E-state index in [1.54, 1.807) is 0 Å². The maximum Gasteiger partial charge on any atom is 0.0419 e. The van der Waals surface area contributed by atoms with Crippen LogP contribution in [0.1, 0.15) is 22.3 Å². The maximum absolute atomic E-state index is 3.56. The Labute approximate surface area is 133 Å². The smallest absolute Gasteiger partial charge is 0.0419 e. The first kappa shape index (κ1) is 15.9. The van der Waals surface area contributed by atoms with Gasteiger partial charge in [0.05, 0.1) is 0 Å². The molecule has 0 aliphatic carbocycles. The fourth-order valence-electron chi connectivity index (χ4n) is 2.88. The van der Waals surface area contributed by atoms with Gasteiger partial charge in [-0.3, -0.25) is 0 Å². The fourth-order valence-corrected chi connectivity index (χ4v) is 2.88. The van der Waals surface area contributed by atoms with Crippen molar-refractivity contribution in [3.8, 4) is 0 Å². The van der Waals surface area contributed by atoms with Crippen LogP contribution in [-0.4, -0.2) is 13.1 Å². The van der Waals surface area contributed by atoms with E-state index in [2.05, 4.69) is 60.0 Å². The van der Waals surface area contributed by atoms with Crippen LogP contribution in [0.2, 0.25) is 0 Å². The van der Waals surface area contributed by atoms with E-state index in [9.17, 15) is 0 Å². The molecule has 2 aromatic carbocycles. The van der Waals surface area contributed by atoms with Crippen molar-refractivity contribution in [3.63, 3.8) is 0 Å². The average Bonchev–Trinajstić information content (AvgIpc) is 2.93. The number of fused-ring (bicyclic) bond motifs is 1. The lowest BCUT2D eigenvalue weighted by molar-refractivity contribution is 0.687. The van der Waals surface area contributed by atoms with Gasteiger partial charge < -0.3 is 10.6 Å². The van der Waals surface area contributed by atoms with Crippen molar-refractivity contribution in [2.45, 2.75) is 26.3 Å². The Bertz CT molecular complexity index is 596. The van der Waals surface area contributed by atoms with E-state index in [-0.39, 0.29) is 12.4 Å². The number of hydrogen-bond donors (Lipinski definition) is 2. The molecule has 0 unspecified atom stereocenters. The number of benzene rings is 2. The van der Waals surface area contributed by atoms with Gasteiger partial charge in [0, 0.05) is 18.8 Å². The minimum atomic E-state index is 0. The molecule has 2 aromatic rings. The van der Waals surface area contributed by atoms with Crippen molar-refractivity contribution in [3.05, 3.63) is 64.7 Å². The van der Waals surface area contributed by atoms with E-state index in [0.717, 1.165) is 32.5 Å². The molecule has 0 radical (unpaired) electrons. The third-order valence-corrected chi connectivity index (χ3v) is 3.92. The second-order valence-electron chi connectivity index (χ2n) is 5.54. The molecule has 0 aromatic heterocycles. The monoisotopic (exact) mass is 302 g/mol. The molecule has 0 spiro atoms. The predicted octanol–water partition coefficient (Wildman–Crippen LogP) is 3.72. The van der Waals surface area contributed by atoms with Crippen molar-refractivity contribution in [2.75, 3.05) is 18.4 Å². The predicted molar refractivity (Wildman–Crippen MR) is 92.5 cm³/mol. The highest BCUT2D eigenvalue weighted by Crippen LogP contribution is 2.26. The number of nitrogens with one attached hydrogen (secondary N) is 2. The Morgan fingerprint density at radius 3 is 2.86 bits per heavy atom. The molecule has 21 heavy (non-hydrogen) atoms. The maximum atomic E-state index is 3.56. The number of halogens is 1. The van der Waals surface area contributed by atoms with E-state index in [0.29, 0.717) is 0 Å². The molecule has 3 heteroatoms. The summed E-state index contributed by atoms with van der Waals surface area (Å²) in [7, 11) is 0. The summed E-state index contributed by atoms with van der Waals surface area (Å²) in [5.74, 6) is 0. The van der Waals surface area contributed by atoms with Gasteiger partial charge in [-0.2, -0.15) is 0 Å². The second kappa shape index (κ2) is 7.48. The molecule has 2 nitrogen and oxygen atoms in total. The van der Waals surface area contributed by atoms with Crippen LogP contribution >= 0.6 is 12.4 Å². The van der Waals surface area contributed by atoms with E-state index in [4.69, 9.17) is 0 Å². The summed E-state index contributed by atoms with van der Waals surface area (Å²) in [6.45, 7) is 5.20. The van der Waals surface area contributed by atoms with Crippen molar-refractivity contribution in [1.29, 1.82) is 0 Å². The molecule has 1 heterocycles. The summed E-state index contributed by atoms with van der Waals surface area (Å²) in [6, 6.07) is 15.4. The highest BCUT2D eigenvalue weighted by Gasteiger charge is 2.12. The molecule has 3 rings (SSSR count). The zero-order valence-corrected chi connectivity index (χ0v) is 13.3. The summed E-state index contributed by atoms with van der Waals surface area (Å²) in [4.78, 5) is 0. The van der Waals surface area contributed by atoms with Crippen LogP contribution in [0.25, 0.3) is 0 Å². The van der Waals surface area contributed by atoms with Crippen molar-refractivity contribution in [2.24, 2.45) is 0 Å². The third-order valence-electron chi connectivity index (χ3n) is 3.92. The van der Waals surface area contributed by atoms with Crippen molar-refractivity contribution >= 4 is 18.1 Å². The quantitative estimate of drug-likeness (QED) is 0.823. The zero-order valence-electron chi connectivity index (χ0n) is 12.5. The Hall–Kier alpha value is -1.51. The first-order valence-electron chi connectivity index (χ1n) is 7.44. The lowest BCUT2D eigenvalue weighted by atomic mass is 10.1. The number of hydrogen-bond acceptors (Lipinski definition) is 2. The van der Waals surface area contributed by atoms with Crippen LogP contribution in [0, 0.1) is 6.92 Å². The van der Waals surface area contributed by atoms with Crippen molar-refractivity contribution < 1.29 is 0 Å². The van der Waals surface area contributed by atoms with Gasteiger partial charge in [0.15, 0.2) is 0 Å². The van der Waals surface area contributed by atoms with Crippen LogP contribution in [0.15, 0.2) is 42.5 Å². The third kappa shape index (κ3) is 3.99. The normalized spacial score (nSPS) is 12.4. The summed E-state index contributed by atoms with van der Waals surface area (Å²) in [6.07, 6.45) is 2.25. The Balaban J connectivity index is 0.00000161. The van der Waals surface area contributed by atoms with Gasteiger partial charge in [0.2, 0.25) is 0 Å². The van der Waals surface area contributed by atoms with Gasteiger partial charge in [0.1, 0.15) is 0 Å². The fraction of sp³-hybridized carbons (Fsp3) is 0.333. The molecule has 0 saturated carbocycles. The van der Waals surface area contributed by atoms with Crippen molar-refractivity contribution in [1.82, 2.24) is 5.32 Å². The molecule has 0 atom stereocenters. The van der Waals surface area contributed by atoms with Crippen LogP contribution in [-0.2, 0) is 19.4 Å². The molecule has 0 bridgehead atoms. The van der Waals surface area contributed by atoms with Crippen LogP contribution in [0.3, 0.4) is 0 Å². The van der Waals surface area contributed by atoms with E-state index in [1.807, 2.05) is 0 Å². The zero-order chi connectivity index (χ0) is 13.8. The standard InChI is InChI=1S/C18H22N2.ClH/c1-14-4-2-5-15(12-14)8-10-19-13-17-7-3-6-16-9-11-20-18(16)17;/h2-7,12,19-20H,8-11,13H2,1H3;1H. The molecule has 0 saturated heterocycles. The highest BCUT2D eigenvalue weighted by molar-refractivity contribution is 5.85. The Morgan fingerprint density at radius 1 is 1.14 bits per heavy atom. The van der Waals surface area contributed by atoms with E-state index in [1.165, 1.54) is 27.9 Å². The number of aryl methyl sites for hydroxylation is 1. The topological polar surface area (TPSA) is 24.1 Å². The minimum absolute atomic E-state index is 0. The van der Waals surface area contributed by atoms with Gasteiger partial charge in [-0.25, -0.2) is 0 Å². The molecule has 112 valence electrons. The summed E-state index contributed by atoms with van der Waals surface area (Å²) in [5.41, 5.74) is 6.96. The van der Waals surface area contributed by atoms with Gasteiger partial charge in [-0.05, 0) is 43.0 Å². The first-order valence-corrected chi connectivity index (χ1v) is 7.44. The Morgan fingerprint density at radius 2 is 2.00 bits per heavy atom. The first-order chi connectivity index (χ1) is 9.83. The minimum Gasteiger partial charge on any atom is -0.384 e. The van der Waals surface area contributed by atoms with Crippen LogP contribution in [0.4, 0.5) is 5.69 Å². The summed E-state index contributed by atoms with van der Waals surface area (Å²) in [5, 5.41) is 7.05. The summed E-state index contributed by atoms with van der Waals surface area (Å²) < 4.78 is 0. The van der Waals surface area contributed by atoms with Gasteiger partial charge in [-0.15, -0.1) is 12.4 Å². The molecule has 2 N–H and O–H groups in total. The largest absolute Gasteiger partial charge is 0.384 e. The van der Waals surface area contributed by atoms with Gasteiger partial charge >= 0.3 is 0 Å². The average molecular weight is 303 g/mol. The van der Waals surface area contributed by atoms with E-state index < -0.39 is 0 Å². The van der Waals surface area contributed by atoms with Crippen LogP contribution < -0.4 is 10.6 Å². The lowest BCUT2D eigenvalue weighted by Gasteiger charge is -2.10. The molecule has 1 aliphatic rings. The number of anilines is 1. The lowest BCUT2D eigenvalue weighted by Crippen LogP contribution is -2.17. The van der Waals surface area contributed by atoms with E-state index >= 15 is 0 Å². The number of para-hydroxylation sites is 1. The highest BCUT2D eigenvalue weighted by atomic mass is 35.5. The molecular weight excluding hydrogens is 280 g/mol. The molecular formula is C18H23ClN2. The molecule has 0 amide bonds. The molecule has 1 aliphatic heterocycles. The second-order valence-corrected chi connectivity index (χ2v) is 5.54. The SMILES string of the molecule is Cc1cccc(CCNCc2cccc3c2NCC3)c1.Cl. The summed E-state index contributed by atoms with van der Waals surface area (Å²) >= 11 is 0. The van der Waals surface area contributed by atoms with Crippen LogP contribution in [0.5, 0.6) is 0 Å². The van der Waals surface area contributed by atoms with Gasteiger partial charge in [-0.1, -0.05) is 48.0 Å². The Kier molecular flexibility index (Phi) is 5.66. The number of rotatable bonds is 5.